The zero-order chi connectivity index (χ0) is 14.6. The van der Waals surface area contributed by atoms with Crippen LogP contribution >= 0.6 is 22.9 Å². The van der Waals surface area contributed by atoms with Gasteiger partial charge in [0.05, 0.1) is 4.34 Å². The molecule has 0 radical (unpaired) electrons. The molecule has 0 aliphatic carbocycles. The Balaban J connectivity index is 2.15. The van der Waals surface area contributed by atoms with Crippen LogP contribution in [0.5, 0.6) is 0 Å². The highest BCUT2D eigenvalue weighted by atomic mass is 35.5. The van der Waals surface area contributed by atoms with E-state index in [0.717, 1.165) is 17.3 Å². The molecule has 2 atom stereocenters. The lowest BCUT2D eigenvalue weighted by molar-refractivity contribution is 0.0850. The van der Waals surface area contributed by atoms with Crippen LogP contribution in [-0.2, 0) is 6.42 Å². The van der Waals surface area contributed by atoms with Crippen molar-refractivity contribution in [1.29, 1.82) is 0 Å². The average Bonchev–Trinajstić information content (AvgIpc) is 3.09. The normalized spacial score (nSPS) is 21.0. The van der Waals surface area contributed by atoms with Crippen molar-refractivity contribution in [3.63, 3.8) is 0 Å². The van der Waals surface area contributed by atoms with Crippen molar-refractivity contribution in [3.8, 4) is 0 Å². The quantitative estimate of drug-likeness (QED) is 0.812. The molecule has 1 aliphatic heterocycles. The summed E-state index contributed by atoms with van der Waals surface area (Å²) in [5, 5.41) is 3.73. The molecule has 1 saturated heterocycles. The van der Waals surface area contributed by atoms with Crippen molar-refractivity contribution in [3.05, 3.63) is 21.3 Å². The van der Waals surface area contributed by atoms with Crippen LogP contribution in [0.4, 0.5) is 0 Å². The van der Waals surface area contributed by atoms with Gasteiger partial charge in [-0.2, -0.15) is 0 Å². The van der Waals surface area contributed by atoms with E-state index in [2.05, 4.69) is 37.1 Å². The van der Waals surface area contributed by atoms with Gasteiger partial charge in [-0.25, -0.2) is 0 Å². The first-order chi connectivity index (χ1) is 9.60. The summed E-state index contributed by atoms with van der Waals surface area (Å²) in [6, 6.07) is 4.69. The summed E-state index contributed by atoms with van der Waals surface area (Å²) in [6.07, 6.45) is 4.95. The maximum atomic E-state index is 6.08. The van der Waals surface area contributed by atoms with Gasteiger partial charge in [0, 0.05) is 16.5 Å². The van der Waals surface area contributed by atoms with Crippen molar-refractivity contribution < 1.29 is 0 Å². The monoisotopic (exact) mass is 314 g/mol. The Morgan fingerprint density at radius 2 is 2.05 bits per heavy atom. The summed E-state index contributed by atoms with van der Waals surface area (Å²) in [4.78, 5) is 4.08. The van der Waals surface area contributed by atoms with Crippen molar-refractivity contribution in [2.24, 2.45) is 0 Å². The van der Waals surface area contributed by atoms with E-state index in [1.807, 2.05) is 6.07 Å². The molecule has 0 saturated carbocycles. The highest BCUT2D eigenvalue weighted by Crippen LogP contribution is 2.31. The van der Waals surface area contributed by atoms with Gasteiger partial charge in [-0.1, -0.05) is 25.4 Å². The molecular weight excluding hydrogens is 288 g/mol. The van der Waals surface area contributed by atoms with Gasteiger partial charge in [0.25, 0.3) is 0 Å². The van der Waals surface area contributed by atoms with Crippen LogP contribution in [-0.4, -0.2) is 36.1 Å². The number of likely N-dealkylation sites (tertiary alicyclic amines) is 1. The molecule has 1 fully saturated rings. The van der Waals surface area contributed by atoms with Crippen molar-refractivity contribution in [2.75, 3.05) is 19.6 Å². The van der Waals surface area contributed by atoms with E-state index >= 15 is 0 Å². The van der Waals surface area contributed by atoms with Crippen LogP contribution in [0.25, 0.3) is 0 Å². The summed E-state index contributed by atoms with van der Waals surface area (Å²) in [6.45, 7) is 10.5. The molecule has 0 spiro atoms. The number of halogens is 1. The van der Waals surface area contributed by atoms with E-state index in [0.29, 0.717) is 6.04 Å². The van der Waals surface area contributed by atoms with Gasteiger partial charge >= 0.3 is 0 Å². The van der Waals surface area contributed by atoms with Crippen molar-refractivity contribution >= 4 is 22.9 Å². The van der Waals surface area contributed by atoms with Crippen LogP contribution in [0.1, 0.15) is 44.9 Å². The third-order valence-electron chi connectivity index (χ3n) is 4.78. The first-order valence-electron chi connectivity index (χ1n) is 7.82. The van der Waals surface area contributed by atoms with Gasteiger partial charge in [0.1, 0.15) is 0 Å². The second kappa shape index (κ2) is 7.26. The number of nitrogens with zero attached hydrogens (tertiary/aromatic N) is 1. The summed E-state index contributed by atoms with van der Waals surface area (Å²) < 4.78 is 0.898. The van der Waals surface area contributed by atoms with E-state index in [-0.39, 0.29) is 5.54 Å². The highest BCUT2D eigenvalue weighted by Gasteiger charge is 2.39. The van der Waals surface area contributed by atoms with Crippen LogP contribution < -0.4 is 5.32 Å². The lowest BCUT2D eigenvalue weighted by Gasteiger charge is -2.45. The van der Waals surface area contributed by atoms with Crippen LogP contribution in [0.2, 0.25) is 4.34 Å². The third-order valence-corrected chi connectivity index (χ3v) is 6.03. The topological polar surface area (TPSA) is 15.3 Å². The summed E-state index contributed by atoms with van der Waals surface area (Å²) in [7, 11) is 0. The minimum Gasteiger partial charge on any atom is -0.312 e. The third kappa shape index (κ3) is 3.56. The van der Waals surface area contributed by atoms with Crippen LogP contribution in [0, 0.1) is 0 Å². The van der Waals surface area contributed by atoms with Gasteiger partial charge in [-0.05, 0) is 64.4 Å². The van der Waals surface area contributed by atoms with Gasteiger partial charge in [-0.15, -0.1) is 11.3 Å². The molecule has 2 rings (SSSR count). The Kier molecular flexibility index (Phi) is 5.91. The average molecular weight is 315 g/mol. The predicted octanol–water partition coefficient (Wildman–Crippen LogP) is 4.19. The minimum atomic E-state index is 0.239. The highest BCUT2D eigenvalue weighted by molar-refractivity contribution is 7.16. The lowest BCUT2D eigenvalue weighted by Crippen LogP contribution is -2.59. The molecule has 2 nitrogen and oxygen atoms in total. The Morgan fingerprint density at radius 3 is 2.55 bits per heavy atom. The van der Waals surface area contributed by atoms with Gasteiger partial charge < -0.3 is 5.32 Å². The van der Waals surface area contributed by atoms with E-state index in [4.69, 9.17) is 11.6 Å². The molecule has 1 N–H and O–H groups in total. The van der Waals surface area contributed by atoms with E-state index in [1.165, 1.54) is 37.2 Å². The Hall–Kier alpha value is -0.0900. The molecule has 20 heavy (non-hydrogen) atoms. The summed E-state index contributed by atoms with van der Waals surface area (Å²) >= 11 is 7.80. The maximum absolute atomic E-state index is 6.08. The Morgan fingerprint density at radius 1 is 1.35 bits per heavy atom. The standard InChI is InChI=1S/C16H27ClN2S/c1-4-16(3,19-10-6-7-11-19)14(18-5-2)12-13-8-9-15(17)20-13/h8-9,14,18H,4-7,10-12H2,1-3H3. The number of rotatable bonds is 7. The molecule has 114 valence electrons. The molecule has 1 aliphatic rings. The SMILES string of the molecule is CCNC(Cc1ccc(Cl)s1)C(C)(CC)N1CCCC1. The number of nitrogens with one attached hydrogen (secondary N) is 1. The number of hydrogen-bond acceptors (Lipinski definition) is 3. The molecule has 0 bridgehead atoms. The molecule has 0 aromatic carbocycles. The van der Waals surface area contributed by atoms with Crippen molar-refractivity contribution in [1.82, 2.24) is 10.2 Å². The Bertz CT molecular complexity index is 414. The molecular formula is C16H27ClN2S. The molecule has 2 unspecified atom stereocenters. The smallest absolute Gasteiger partial charge is 0.0931 e. The van der Waals surface area contributed by atoms with Gasteiger partial charge in [0.15, 0.2) is 0 Å². The first kappa shape index (κ1) is 16.3. The Labute approximate surface area is 132 Å². The number of hydrogen-bond donors (Lipinski definition) is 1. The summed E-state index contributed by atoms with van der Waals surface area (Å²) in [5.41, 5.74) is 0.239. The largest absolute Gasteiger partial charge is 0.312 e. The summed E-state index contributed by atoms with van der Waals surface area (Å²) in [5.74, 6) is 0. The molecule has 4 heteroatoms. The van der Waals surface area contributed by atoms with E-state index in [9.17, 15) is 0 Å². The number of likely N-dealkylation sites (N-methyl/N-ethyl adjacent to an activating group) is 1. The molecule has 1 aromatic rings. The molecule has 0 amide bonds. The fourth-order valence-electron chi connectivity index (χ4n) is 3.34. The molecule has 1 aromatic heterocycles. The lowest BCUT2D eigenvalue weighted by atomic mass is 9.85. The van der Waals surface area contributed by atoms with Crippen molar-refractivity contribution in [2.45, 2.75) is 58.0 Å². The zero-order valence-corrected chi connectivity index (χ0v) is 14.5. The van der Waals surface area contributed by atoms with E-state index in [1.54, 1.807) is 11.3 Å². The van der Waals surface area contributed by atoms with Crippen LogP contribution in [0.3, 0.4) is 0 Å². The van der Waals surface area contributed by atoms with Gasteiger partial charge in [-0.3, -0.25) is 4.90 Å². The maximum Gasteiger partial charge on any atom is 0.0931 e. The second-order valence-corrected chi connectivity index (χ2v) is 7.72. The fraction of sp³-hybridized carbons (Fsp3) is 0.750. The fourth-order valence-corrected chi connectivity index (χ4v) is 4.47. The predicted molar refractivity (Wildman–Crippen MR) is 90.0 cm³/mol. The second-order valence-electron chi connectivity index (χ2n) is 5.93. The molecule has 2 heterocycles. The number of thiophene rings is 1. The first-order valence-corrected chi connectivity index (χ1v) is 9.02. The van der Waals surface area contributed by atoms with Gasteiger partial charge in [0.2, 0.25) is 0 Å². The minimum absolute atomic E-state index is 0.239. The van der Waals surface area contributed by atoms with E-state index < -0.39 is 0 Å². The zero-order valence-electron chi connectivity index (χ0n) is 12.9. The van der Waals surface area contributed by atoms with Crippen LogP contribution in [0.15, 0.2) is 12.1 Å².